The monoisotopic (exact) mass is 406 g/mol. The number of likely N-dealkylation sites (N-methyl/N-ethyl adjacent to an activating group) is 1. The van der Waals surface area contributed by atoms with E-state index >= 15 is 0 Å². The highest BCUT2D eigenvalue weighted by Crippen LogP contribution is 2.26. The minimum Gasteiger partial charge on any atom is -0.395 e. The molecule has 0 aromatic heterocycles. The highest BCUT2D eigenvalue weighted by Gasteiger charge is 2.25. The van der Waals surface area contributed by atoms with E-state index in [0.29, 0.717) is 0 Å². The van der Waals surface area contributed by atoms with E-state index in [4.69, 9.17) is 16.7 Å². The first-order valence-corrected chi connectivity index (χ1v) is 9.25. The quantitative estimate of drug-likeness (QED) is 0.614. The fourth-order valence-electron chi connectivity index (χ4n) is 2.14. The van der Waals surface area contributed by atoms with E-state index in [9.17, 15) is 22.3 Å². The molecule has 0 aliphatic carbocycles. The van der Waals surface area contributed by atoms with Crippen LogP contribution in [0.1, 0.15) is 11.8 Å². The summed E-state index contributed by atoms with van der Waals surface area (Å²) in [7, 11) is -2.98. The number of sulfonamides is 1. The smallest absolute Gasteiger partial charge is 0.245 e. The lowest BCUT2D eigenvalue weighted by molar-refractivity contribution is 0.207. The summed E-state index contributed by atoms with van der Waals surface area (Å²) in [6.45, 7) is -0.632. The van der Waals surface area contributed by atoms with E-state index in [1.165, 1.54) is 25.2 Å². The van der Waals surface area contributed by atoms with Crippen molar-refractivity contribution in [2.45, 2.75) is 11.1 Å². The number of hydrogen-bond donors (Lipinski definition) is 3. The van der Waals surface area contributed by atoms with Crippen LogP contribution in [0.5, 0.6) is 0 Å². The number of aliphatic hydroxyl groups is 2. The second kappa shape index (κ2) is 8.28. The van der Waals surface area contributed by atoms with Gasteiger partial charge < -0.3 is 15.5 Å². The Bertz CT molecular complexity index is 896. The minimum absolute atomic E-state index is 0.0721. The summed E-state index contributed by atoms with van der Waals surface area (Å²) < 4.78 is 52.7. The fourth-order valence-corrected chi connectivity index (χ4v) is 3.58. The van der Waals surface area contributed by atoms with Gasteiger partial charge in [-0.05, 0) is 30.3 Å². The molecule has 6 nitrogen and oxygen atoms in total. The van der Waals surface area contributed by atoms with Gasteiger partial charge in [0, 0.05) is 24.8 Å². The molecule has 0 heterocycles. The summed E-state index contributed by atoms with van der Waals surface area (Å²) >= 11 is 5.66. The van der Waals surface area contributed by atoms with Crippen LogP contribution >= 0.6 is 11.6 Å². The molecule has 3 N–H and O–H groups in total. The van der Waals surface area contributed by atoms with Gasteiger partial charge in [-0.2, -0.15) is 4.31 Å². The second-order valence-corrected chi connectivity index (χ2v) is 7.84. The molecule has 0 saturated heterocycles. The Morgan fingerprint density at radius 3 is 2.46 bits per heavy atom. The fraction of sp³-hybridized carbons (Fsp3) is 0.250. The first-order valence-electron chi connectivity index (χ1n) is 7.43. The zero-order valence-electron chi connectivity index (χ0n) is 13.7. The van der Waals surface area contributed by atoms with Gasteiger partial charge in [0.1, 0.15) is 16.5 Å². The van der Waals surface area contributed by atoms with E-state index in [-0.39, 0.29) is 22.8 Å². The number of nitrogens with one attached hydrogen (secondary N) is 1. The summed E-state index contributed by atoms with van der Waals surface area (Å²) in [5, 5.41) is 21.6. The molecule has 0 saturated carbocycles. The number of benzene rings is 2. The van der Waals surface area contributed by atoms with Crippen molar-refractivity contribution >= 4 is 27.3 Å². The Kier molecular flexibility index (Phi) is 6.53. The predicted molar refractivity (Wildman–Crippen MR) is 93.3 cm³/mol. The van der Waals surface area contributed by atoms with Crippen molar-refractivity contribution in [1.82, 2.24) is 4.31 Å². The van der Waals surface area contributed by atoms with Crippen LogP contribution in [-0.2, 0) is 10.0 Å². The first-order chi connectivity index (χ1) is 12.2. The molecule has 26 heavy (non-hydrogen) atoms. The van der Waals surface area contributed by atoms with Crippen LogP contribution in [0, 0.1) is 11.6 Å². The average Bonchev–Trinajstić information content (AvgIpc) is 2.58. The Morgan fingerprint density at radius 1 is 1.19 bits per heavy atom. The van der Waals surface area contributed by atoms with Crippen LogP contribution < -0.4 is 5.32 Å². The maximum absolute atomic E-state index is 14.0. The van der Waals surface area contributed by atoms with E-state index in [0.717, 1.165) is 22.5 Å². The Labute approximate surface area is 154 Å². The Morgan fingerprint density at radius 2 is 1.85 bits per heavy atom. The van der Waals surface area contributed by atoms with E-state index in [2.05, 4.69) is 5.32 Å². The molecule has 142 valence electrons. The van der Waals surface area contributed by atoms with Gasteiger partial charge in [-0.3, -0.25) is 0 Å². The third-order valence-corrected chi connectivity index (χ3v) is 5.76. The van der Waals surface area contributed by atoms with Gasteiger partial charge in [0.15, 0.2) is 6.23 Å². The molecule has 0 spiro atoms. The largest absolute Gasteiger partial charge is 0.395 e. The molecule has 2 aromatic rings. The molecule has 2 rings (SSSR count). The molecule has 0 amide bonds. The summed E-state index contributed by atoms with van der Waals surface area (Å²) in [4.78, 5) is -0.635. The van der Waals surface area contributed by atoms with Gasteiger partial charge >= 0.3 is 0 Å². The van der Waals surface area contributed by atoms with Crippen molar-refractivity contribution in [3.8, 4) is 0 Å². The molecule has 2 aromatic carbocycles. The molecule has 1 atom stereocenters. The Balaban J connectivity index is 2.32. The molecule has 0 fully saturated rings. The highest BCUT2D eigenvalue weighted by atomic mass is 35.5. The number of nitrogens with zero attached hydrogens (tertiary/aromatic N) is 1. The summed E-state index contributed by atoms with van der Waals surface area (Å²) in [6.07, 6.45) is -1.39. The summed E-state index contributed by atoms with van der Waals surface area (Å²) in [6, 6.07) is 6.79. The van der Waals surface area contributed by atoms with Crippen molar-refractivity contribution in [3.05, 3.63) is 58.6 Å². The van der Waals surface area contributed by atoms with Crippen LogP contribution in [0.25, 0.3) is 0 Å². The predicted octanol–water partition coefficient (Wildman–Crippen LogP) is 2.33. The van der Waals surface area contributed by atoms with Crippen LogP contribution in [0.4, 0.5) is 14.5 Å². The van der Waals surface area contributed by atoms with Crippen molar-refractivity contribution in [2.75, 3.05) is 25.5 Å². The van der Waals surface area contributed by atoms with Crippen LogP contribution in [0.2, 0.25) is 5.02 Å². The summed E-state index contributed by atoms with van der Waals surface area (Å²) in [5.41, 5.74) is 0.359. The summed E-state index contributed by atoms with van der Waals surface area (Å²) in [5.74, 6) is -1.62. The normalized spacial score (nSPS) is 13.0. The maximum atomic E-state index is 14.0. The van der Waals surface area contributed by atoms with E-state index in [1.807, 2.05) is 0 Å². The minimum atomic E-state index is -4.18. The molecule has 0 aliphatic rings. The van der Waals surface area contributed by atoms with Crippen molar-refractivity contribution in [2.24, 2.45) is 0 Å². The molecule has 10 heteroatoms. The van der Waals surface area contributed by atoms with Crippen molar-refractivity contribution in [1.29, 1.82) is 0 Å². The van der Waals surface area contributed by atoms with Gasteiger partial charge in [0.05, 0.1) is 11.6 Å². The van der Waals surface area contributed by atoms with Gasteiger partial charge in [-0.1, -0.05) is 17.7 Å². The number of hydrogen-bond acceptors (Lipinski definition) is 5. The zero-order chi connectivity index (χ0) is 19.5. The lowest BCUT2D eigenvalue weighted by Crippen LogP contribution is -2.30. The standard InChI is InChI=1S/C16H17ClF2N2O4S/c1-21(6-7-22)26(24,25)15-8-10(2-4-14(15)19)16(23)20-11-3-5-13(18)12(17)9-11/h2-5,8-9,16,20,22-23H,6-7H2,1H3. The molecule has 0 bridgehead atoms. The molecule has 0 radical (unpaired) electrons. The average molecular weight is 407 g/mol. The van der Waals surface area contributed by atoms with Gasteiger partial charge in [0.25, 0.3) is 0 Å². The number of rotatable bonds is 7. The molecule has 1 unspecified atom stereocenters. The lowest BCUT2D eigenvalue weighted by Gasteiger charge is -2.19. The number of anilines is 1. The van der Waals surface area contributed by atoms with Crippen molar-refractivity contribution in [3.63, 3.8) is 0 Å². The van der Waals surface area contributed by atoms with Gasteiger partial charge in [0.2, 0.25) is 10.0 Å². The third-order valence-electron chi connectivity index (χ3n) is 3.60. The van der Waals surface area contributed by atoms with Crippen molar-refractivity contribution < 1.29 is 27.4 Å². The number of aliphatic hydroxyl groups excluding tert-OH is 2. The van der Waals surface area contributed by atoms with Crippen LogP contribution in [-0.4, -0.2) is 43.1 Å². The van der Waals surface area contributed by atoms with Gasteiger partial charge in [-0.25, -0.2) is 17.2 Å². The second-order valence-electron chi connectivity index (χ2n) is 5.42. The Hall–Kier alpha value is -1.78. The third kappa shape index (κ3) is 4.49. The van der Waals surface area contributed by atoms with Gasteiger partial charge in [-0.15, -0.1) is 0 Å². The first kappa shape index (κ1) is 20.5. The lowest BCUT2D eigenvalue weighted by atomic mass is 10.2. The maximum Gasteiger partial charge on any atom is 0.245 e. The zero-order valence-corrected chi connectivity index (χ0v) is 15.2. The highest BCUT2D eigenvalue weighted by molar-refractivity contribution is 7.89. The van der Waals surface area contributed by atoms with Crippen LogP contribution in [0.15, 0.2) is 41.3 Å². The topological polar surface area (TPSA) is 89.9 Å². The molecular formula is C16H17ClF2N2O4S. The molecule has 0 aliphatic heterocycles. The van der Waals surface area contributed by atoms with E-state index in [1.54, 1.807) is 0 Å². The van der Waals surface area contributed by atoms with Crippen LogP contribution in [0.3, 0.4) is 0 Å². The SMILES string of the molecule is CN(CCO)S(=O)(=O)c1cc(C(O)Nc2ccc(F)c(Cl)c2)ccc1F. The van der Waals surface area contributed by atoms with E-state index < -0.39 is 39.4 Å². The molecular weight excluding hydrogens is 390 g/mol. The number of halogens is 3.